The predicted molar refractivity (Wildman–Crippen MR) is 77.5 cm³/mol. The molecule has 0 aliphatic heterocycles. The van der Waals surface area contributed by atoms with Crippen LogP contribution in [-0.2, 0) is 0 Å². The van der Waals surface area contributed by atoms with Crippen LogP contribution in [0.4, 0.5) is 0 Å². The van der Waals surface area contributed by atoms with Gasteiger partial charge in [-0.15, -0.1) is 0 Å². The first-order chi connectivity index (χ1) is 6.71. The van der Waals surface area contributed by atoms with Crippen LogP contribution >= 0.6 is 63.7 Å². The SMILES string of the molecule is CC1(C)[C@@H](O)[C@@]2(Br)CC[C@]1(C(Br)Br)[C@H]2Br. The van der Waals surface area contributed by atoms with Gasteiger partial charge in [0.15, 0.2) is 0 Å². The molecule has 4 atom stereocenters. The lowest BCUT2D eigenvalue weighted by atomic mass is 9.65. The Labute approximate surface area is 124 Å². The Bertz CT molecular complexity index is 293. The Morgan fingerprint density at radius 1 is 1.27 bits per heavy atom. The number of halogens is 4. The third-order valence-corrected chi connectivity index (χ3v) is 9.69. The molecule has 2 aliphatic carbocycles. The van der Waals surface area contributed by atoms with Gasteiger partial charge in [-0.3, -0.25) is 0 Å². The molecule has 0 amide bonds. The fourth-order valence-electron chi connectivity index (χ4n) is 3.36. The van der Waals surface area contributed by atoms with E-state index < -0.39 is 0 Å². The second-order valence-corrected chi connectivity index (χ2v) is 10.7. The van der Waals surface area contributed by atoms with Crippen LogP contribution in [0.15, 0.2) is 0 Å². The van der Waals surface area contributed by atoms with Gasteiger partial charge in [-0.1, -0.05) is 77.6 Å². The van der Waals surface area contributed by atoms with Crippen molar-refractivity contribution in [1.29, 1.82) is 0 Å². The van der Waals surface area contributed by atoms with Crippen LogP contribution < -0.4 is 0 Å². The molecule has 88 valence electrons. The highest BCUT2D eigenvalue weighted by Crippen LogP contribution is 2.73. The predicted octanol–water partition coefficient (Wildman–Crippen LogP) is 4.18. The summed E-state index contributed by atoms with van der Waals surface area (Å²) in [6.45, 7) is 4.31. The van der Waals surface area contributed by atoms with Crippen LogP contribution in [-0.4, -0.2) is 24.1 Å². The molecule has 0 radical (unpaired) electrons. The van der Waals surface area contributed by atoms with Gasteiger partial charge in [0.25, 0.3) is 0 Å². The molecule has 15 heavy (non-hydrogen) atoms. The third-order valence-electron chi connectivity index (χ3n) is 4.52. The first-order valence-corrected chi connectivity index (χ1v) is 8.54. The lowest BCUT2D eigenvalue weighted by Crippen LogP contribution is -2.48. The molecule has 0 saturated heterocycles. The molecule has 0 aromatic rings. The van der Waals surface area contributed by atoms with Crippen molar-refractivity contribution in [2.24, 2.45) is 10.8 Å². The number of rotatable bonds is 1. The van der Waals surface area contributed by atoms with Crippen LogP contribution in [0.5, 0.6) is 0 Å². The number of aliphatic hydroxyl groups excluding tert-OH is 1. The van der Waals surface area contributed by atoms with Crippen LogP contribution in [0.1, 0.15) is 26.7 Å². The molecule has 2 fully saturated rings. The first-order valence-electron chi connectivity index (χ1n) is 5.00. The number of hydrogen-bond donors (Lipinski definition) is 1. The fourth-order valence-corrected chi connectivity index (χ4v) is 8.98. The van der Waals surface area contributed by atoms with Gasteiger partial charge < -0.3 is 5.11 Å². The summed E-state index contributed by atoms with van der Waals surface area (Å²) in [5.41, 5.74) is -0.0590. The Morgan fingerprint density at radius 2 is 1.80 bits per heavy atom. The van der Waals surface area contributed by atoms with E-state index in [1.807, 2.05) is 0 Å². The molecule has 0 aromatic heterocycles. The zero-order chi connectivity index (χ0) is 11.6. The molecule has 5 heteroatoms. The molecule has 2 bridgehead atoms. The maximum absolute atomic E-state index is 10.5. The lowest BCUT2D eigenvalue weighted by Gasteiger charge is -2.46. The van der Waals surface area contributed by atoms with E-state index in [-0.39, 0.29) is 29.8 Å². The van der Waals surface area contributed by atoms with Crippen molar-refractivity contribution >= 4 is 63.7 Å². The van der Waals surface area contributed by atoms with Crippen molar-refractivity contribution in [1.82, 2.24) is 0 Å². The molecule has 2 rings (SSSR count). The summed E-state index contributed by atoms with van der Waals surface area (Å²) in [6.07, 6.45) is 1.81. The maximum atomic E-state index is 10.5. The molecule has 0 heterocycles. The number of alkyl halides is 4. The standard InChI is InChI=1S/C10H14Br4O/c1-8(2)6(15)10(14)4-3-9(8,5(10)11)7(12)13/h5-7,15H,3-4H2,1-2H3/t5-,6-,9-,10-/m1/s1. The zero-order valence-electron chi connectivity index (χ0n) is 8.61. The topological polar surface area (TPSA) is 20.2 Å². The minimum Gasteiger partial charge on any atom is -0.391 e. The van der Waals surface area contributed by atoms with Crippen molar-refractivity contribution in [3.05, 3.63) is 0 Å². The van der Waals surface area contributed by atoms with Crippen molar-refractivity contribution in [3.8, 4) is 0 Å². The first kappa shape index (κ1) is 13.3. The molecule has 1 nitrogen and oxygen atoms in total. The molecular formula is C10H14Br4O. The van der Waals surface area contributed by atoms with Crippen molar-refractivity contribution < 1.29 is 5.11 Å². The second-order valence-electron chi connectivity index (χ2n) is 5.25. The van der Waals surface area contributed by atoms with Crippen LogP contribution in [0.25, 0.3) is 0 Å². The van der Waals surface area contributed by atoms with E-state index in [0.29, 0.717) is 0 Å². The van der Waals surface area contributed by atoms with Crippen molar-refractivity contribution in [3.63, 3.8) is 0 Å². The maximum Gasteiger partial charge on any atom is 0.0771 e. The summed E-state index contributed by atoms with van der Waals surface area (Å²) in [5.74, 6) is 0. The second kappa shape index (κ2) is 3.69. The molecule has 0 aromatic carbocycles. The normalized spacial score (nSPS) is 52.8. The van der Waals surface area contributed by atoms with Gasteiger partial charge in [0.05, 0.1) is 14.2 Å². The van der Waals surface area contributed by atoms with Crippen molar-refractivity contribution in [2.75, 3.05) is 0 Å². The fraction of sp³-hybridized carbons (Fsp3) is 1.00. The molecular weight excluding hydrogens is 456 g/mol. The van der Waals surface area contributed by atoms with E-state index in [4.69, 9.17) is 0 Å². The van der Waals surface area contributed by atoms with Gasteiger partial charge >= 0.3 is 0 Å². The quantitative estimate of drug-likeness (QED) is 0.571. The Morgan fingerprint density at radius 3 is 2.07 bits per heavy atom. The zero-order valence-corrected chi connectivity index (χ0v) is 14.9. The van der Waals surface area contributed by atoms with Gasteiger partial charge in [-0.05, 0) is 12.8 Å². The van der Waals surface area contributed by atoms with E-state index in [1.165, 1.54) is 0 Å². The van der Waals surface area contributed by atoms with Gasteiger partial charge in [0.2, 0.25) is 0 Å². The van der Waals surface area contributed by atoms with E-state index in [1.54, 1.807) is 0 Å². The van der Waals surface area contributed by atoms with Crippen LogP contribution in [0, 0.1) is 10.8 Å². The van der Waals surface area contributed by atoms with E-state index >= 15 is 0 Å². The smallest absolute Gasteiger partial charge is 0.0771 e. The number of fused-ring (bicyclic) bond motifs is 2. The average Bonchev–Trinajstić information content (AvgIpc) is 2.45. The number of aliphatic hydroxyl groups is 1. The highest BCUT2D eigenvalue weighted by atomic mass is 79.9. The minimum atomic E-state index is -0.319. The Hall–Kier alpha value is 1.88. The minimum absolute atomic E-state index is 0.0515. The van der Waals surface area contributed by atoms with Crippen LogP contribution in [0.2, 0.25) is 0 Å². The summed E-state index contributed by atoms with van der Waals surface area (Å²) in [5, 5.41) is 10.5. The van der Waals surface area contributed by atoms with Crippen molar-refractivity contribution in [2.45, 2.75) is 45.7 Å². The average molecular weight is 470 g/mol. The molecule has 2 aliphatic rings. The van der Waals surface area contributed by atoms with Crippen LogP contribution in [0.3, 0.4) is 0 Å². The highest BCUT2D eigenvalue weighted by Gasteiger charge is 2.75. The summed E-state index contributed by atoms with van der Waals surface area (Å²) in [4.78, 5) is 0.284. The van der Waals surface area contributed by atoms with E-state index in [2.05, 4.69) is 77.6 Å². The summed E-state index contributed by atoms with van der Waals surface area (Å²) >= 11 is 14.9. The monoisotopic (exact) mass is 466 g/mol. The molecule has 1 N–H and O–H groups in total. The number of hydrogen-bond acceptors (Lipinski definition) is 1. The van der Waals surface area contributed by atoms with Gasteiger partial charge in [0, 0.05) is 15.7 Å². The van der Waals surface area contributed by atoms with Gasteiger partial charge in [-0.25, -0.2) is 0 Å². The highest BCUT2D eigenvalue weighted by molar-refractivity contribution is 9.24. The lowest BCUT2D eigenvalue weighted by molar-refractivity contribution is -0.0213. The Kier molecular flexibility index (Phi) is 3.27. The van der Waals surface area contributed by atoms with E-state index in [9.17, 15) is 5.11 Å². The van der Waals surface area contributed by atoms with Gasteiger partial charge in [0.1, 0.15) is 0 Å². The molecule has 0 spiro atoms. The van der Waals surface area contributed by atoms with Gasteiger partial charge in [-0.2, -0.15) is 0 Å². The summed E-state index contributed by atoms with van der Waals surface area (Å²) in [6, 6.07) is 0. The molecule has 2 saturated carbocycles. The largest absolute Gasteiger partial charge is 0.391 e. The molecule has 0 unspecified atom stereocenters. The summed E-state index contributed by atoms with van der Waals surface area (Å²) < 4.78 is 0.0458. The Balaban J connectivity index is 2.56. The summed E-state index contributed by atoms with van der Waals surface area (Å²) in [7, 11) is 0. The third kappa shape index (κ3) is 1.33. The van der Waals surface area contributed by atoms with E-state index in [0.717, 1.165) is 12.8 Å².